The molecule has 2 aromatic carbocycles. The Hall–Kier alpha value is -2.56. The molecule has 5 heteroatoms. The molecule has 0 bridgehead atoms. The van der Waals surface area contributed by atoms with Gasteiger partial charge in [-0.15, -0.1) is 0 Å². The van der Waals surface area contributed by atoms with Crippen molar-refractivity contribution >= 4 is 17.3 Å². The third-order valence-corrected chi connectivity index (χ3v) is 2.61. The molecular formula is C14H13FN2O2. The van der Waals surface area contributed by atoms with Crippen LogP contribution in [0, 0.1) is 5.82 Å². The number of ether oxygens (including phenoxy) is 1. The van der Waals surface area contributed by atoms with E-state index in [-0.39, 0.29) is 11.3 Å². The Bertz CT molecular complexity index is 597. The van der Waals surface area contributed by atoms with Gasteiger partial charge in [0.2, 0.25) is 0 Å². The van der Waals surface area contributed by atoms with Crippen molar-refractivity contribution < 1.29 is 13.9 Å². The highest BCUT2D eigenvalue weighted by atomic mass is 19.1. The smallest absolute Gasteiger partial charge is 0.255 e. The minimum absolute atomic E-state index is 0.0148. The van der Waals surface area contributed by atoms with Gasteiger partial charge in [0.25, 0.3) is 5.91 Å². The summed E-state index contributed by atoms with van der Waals surface area (Å²) in [5.74, 6) is -0.317. The van der Waals surface area contributed by atoms with Crippen LogP contribution in [0.4, 0.5) is 15.8 Å². The highest BCUT2D eigenvalue weighted by Crippen LogP contribution is 2.17. The number of nitrogen functional groups attached to an aromatic ring is 1. The molecule has 1 amide bonds. The quantitative estimate of drug-likeness (QED) is 0.834. The highest BCUT2D eigenvalue weighted by Gasteiger charge is 2.08. The number of amides is 1. The zero-order valence-electron chi connectivity index (χ0n) is 10.3. The summed E-state index contributed by atoms with van der Waals surface area (Å²) in [6.45, 7) is 0. The van der Waals surface area contributed by atoms with E-state index in [2.05, 4.69) is 5.32 Å². The predicted molar refractivity (Wildman–Crippen MR) is 71.8 cm³/mol. The van der Waals surface area contributed by atoms with Crippen LogP contribution >= 0.6 is 0 Å². The van der Waals surface area contributed by atoms with Crippen molar-refractivity contribution in [2.75, 3.05) is 18.2 Å². The van der Waals surface area contributed by atoms with Gasteiger partial charge in [-0.3, -0.25) is 4.79 Å². The normalized spacial score (nSPS) is 10.0. The molecule has 3 N–H and O–H groups in total. The van der Waals surface area contributed by atoms with Crippen molar-refractivity contribution in [3.05, 3.63) is 53.8 Å². The van der Waals surface area contributed by atoms with Gasteiger partial charge >= 0.3 is 0 Å². The molecule has 0 saturated heterocycles. The average Bonchev–Trinajstić information content (AvgIpc) is 2.42. The van der Waals surface area contributed by atoms with Crippen molar-refractivity contribution in [2.45, 2.75) is 0 Å². The number of benzene rings is 2. The Morgan fingerprint density at radius 3 is 2.47 bits per heavy atom. The predicted octanol–water partition coefficient (Wildman–Crippen LogP) is 2.67. The van der Waals surface area contributed by atoms with Crippen molar-refractivity contribution in [1.29, 1.82) is 0 Å². The van der Waals surface area contributed by atoms with E-state index in [1.165, 1.54) is 12.1 Å². The molecule has 19 heavy (non-hydrogen) atoms. The average molecular weight is 260 g/mol. The topological polar surface area (TPSA) is 64.3 Å². The summed E-state index contributed by atoms with van der Waals surface area (Å²) in [6, 6.07) is 10.8. The molecule has 0 heterocycles. The molecule has 0 saturated carbocycles. The number of nitrogens with one attached hydrogen (secondary N) is 1. The van der Waals surface area contributed by atoms with Gasteiger partial charge in [0, 0.05) is 11.3 Å². The zero-order valence-corrected chi connectivity index (χ0v) is 10.3. The number of rotatable bonds is 3. The van der Waals surface area contributed by atoms with Crippen LogP contribution < -0.4 is 15.8 Å². The van der Waals surface area contributed by atoms with Gasteiger partial charge in [0.05, 0.1) is 12.8 Å². The van der Waals surface area contributed by atoms with E-state index >= 15 is 0 Å². The third-order valence-electron chi connectivity index (χ3n) is 2.61. The number of carbonyl (C=O) groups excluding carboxylic acids is 1. The summed E-state index contributed by atoms with van der Waals surface area (Å²) >= 11 is 0. The molecule has 0 aliphatic heterocycles. The summed E-state index contributed by atoms with van der Waals surface area (Å²) in [6.07, 6.45) is 0. The van der Waals surface area contributed by atoms with Crippen molar-refractivity contribution in [3.8, 4) is 5.75 Å². The number of halogens is 1. The van der Waals surface area contributed by atoms with Crippen LogP contribution in [0.2, 0.25) is 0 Å². The maximum Gasteiger partial charge on any atom is 0.255 e. The molecule has 0 radical (unpaired) electrons. The molecule has 0 aliphatic carbocycles. The largest absolute Gasteiger partial charge is 0.497 e. The molecule has 4 nitrogen and oxygen atoms in total. The van der Waals surface area contributed by atoms with Gasteiger partial charge in [-0.2, -0.15) is 0 Å². The van der Waals surface area contributed by atoms with E-state index < -0.39 is 11.7 Å². The second kappa shape index (κ2) is 5.39. The fraction of sp³-hybridized carbons (Fsp3) is 0.0714. The molecule has 0 spiro atoms. The summed E-state index contributed by atoms with van der Waals surface area (Å²) in [4.78, 5) is 11.9. The first-order valence-corrected chi connectivity index (χ1v) is 5.60. The molecule has 98 valence electrons. The Labute approximate surface area is 110 Å². The second-order valence-corrected chi connectivity index (χ2v) is 3.92. The van der Waals surface area contributed by atoms with Crippen LogP contribution in [-0.4, -0.2) is 13.0 Å². The SMILES string of the molecule is COc1ccc(NC(=O)c2ccc(N)c(F)c2)cc1. The lowest BCUT2D eigenvalue weighted by Gasteiger charge is -2.07. The molecule has 0 fully saturated rings. The van der Waals surface area contributed by atoms with Crippen LogP contribution in [0.5, 0.6) is 5.75 Å². The summed E-state index contributed by atoms with van der Waals surface area (Å²) in [5, 5.41) is 2.65. The fourth-order valence-corrected chi connectivity index (χ4v) is 1.55. The van der Waals surface area contributed by atoms with E-state index in [0.29, 0.717) is 11.4 Å². The standard InChI is InChI=1S/C14H13FN2O2/c1-19-11-5-3-10(4-6-11)17-14(18)9-2-7-13(16)12(15)8-9/h2-8H,16H2,1H3,(H,17,18). The second-order valence-electron chi connectivity index (χ2n) is 3.92. The fourth-order valence-electron chi connectivity index (χ4n) is 1.55. The Kier molecular flexibility index (Phi) is 3.66. The number of anilines is 2. The van der Waals surface area contributed by atoms with Crippen LogP contribution in [0.3, 0.4) is 0 Å². The van der Waals surface area contributed by atoms with Gasteiger partial charge < -0.3 is 15.8 Å². The molecule has 2 rings (SSSR count). The van der Waals surface area contributed by atoms with Crippen LogP contribution in [-0.2, 0) is 0 Å². The number of hydrogen-bond donors (Lipinski definition) is 2. The first-order chi connectivity index (χ1) is 9.10. The Balaban J connectivity index is 2.13. The van der Waals surface area contributed by atoms with E-state index in [1.807, 2.05) is 0 Å². The van der Waals surface area contributed by atoms with Crippen molar-refractivity contribution in [2.24, 2.45) is 0 Å². The first-order valence-electron chi connectivity index (χ1n) is 5.60. The molecule has 0 aliphatic rings. The molecule has 0 atom stereocenters. The van der Waals surface area contributed by atoms with Crippen molar-refractivity contribution in [3.63, 3.8) is 0 Å². The van der Waals surface area contributed by atoms with Gasteiger partial charge in [0.15, 0.2) is 0 Å². The van der Waals surface area contributed by atoms with Gasteiger partial charge in [0.1, 0.15) is 11.6 Å². The van der Waals surface area contributed by atoms with E-state index in [1.54, 1.807) is 31.4 Å². The Morgan fingerprint density at radius 1 is 1.21 bits per heavy atom. The van der Waals surface area contributed by atoms with Gasteiger partial charge in [-0.25, -0.2) is 4.39 Å². The monoisotopic (exact) mass is 260 g/mol. The lowest BCUT2D eigenvalue weighted by Crippen LogP contribution is -2.12. The van der Waals surface area contributed by atoms with E-state index in [0.717, 1.165) is 6.07 Å². The maximum atomic E-state index is 13.3. The Morgan fingerprint density at radius 2 is 1.89 bits per heavy atom. The van der Waals surface area contributed by atoms with E-state index in [9.17, 15) is 9.18 Å². The van der Waals surface area contributed by atoms with Crippen LogP contribution in [0.25, 0.3) is 0 Å². The van der Waals surface area contributed by atoms with Crippen LogP contribution in [0.1, 0.15) is 10.4 Å². The molecule has 2 aromatic rings. The maximum absolute atomic E-state index is 13.3. The number of hydrogen-bond acceptors (Lipinski definition) is 3. The van der Waals surface area contributed by atoms with Gasteiger partial charge in [-0.05, 0) is 42.5 Å². The molecular weight excluding hydrogens is 247 g/mol. The molecule has 0 aromatic heterocycles. The first kappa shape index (κ1) is 12.9. The number of carbonyl (C=O) groups is 1. The van der Waals surface area contributed by atoms with Crippen molar-refractivity contribution in [1.82, 2.24) is 0 Å². The third kappa shape index (κ3) is 3.01. The number of nitrogens with two attached hydrogens (primary N) is 1. The number of methoxy groups -OCH3 is 1. The minimum atomic E-state index is -0.609. The van der Waals surface area contributed by atoms with Gasteiger partial charge in [-0.1, -0.05) is 0 Å². The molecule has 0 unspecified atom stereocenters. The summed E-state index contributed by atoms with van der Waals surface area (Å²) < 4.78 is 18.3. The lowest BCUT2D eigenvalue weighted by molar-refractivity contribution is 0.102. The highest BCUT2D eigenvalue weighted by molar-refractivity contribution is 6.04. The summed E-state index contributed by atoms with van der Waals surface area (Å²) in [7, 11) is 1.56. The zero-order chi connectivity index (χ0) is 13.8. The minimum Gasteiger partial charge on any atom is -0.497 e. The summed E-state index contributed by atoms with van der Waals surface area (Å²) in [5.41, 5.74) is 6.18. The lowest BCUT2D eigenvalue weighted by atomic mass is 10.2. The van der Waals surface area contributed by atoms with Crippen LogP contribution in [0.15, 0.2) is 42.5 Å². The van der Waals surface area contributed by atoms with E-state index in [4.69, 9.17) is 10.5 Å².